The third kappa shape index (κ3) is 3.73. The Morgan fingerprint density at radius 1 is 1.05 bits per heavy atom. The van der Waals surface area contributed by atoms with Gasteiger partial charge in [0.2, 0.25) is 5.95 Å². The summed E-state index contributed by atoms with van der Waals surface area (Å²) in [5.41, 5.74) is 1.58. The standard InChI is InChI=1S/C15H20N4O2S/c1-18(2)15-16-9-12(10-17-15)11-19(3)13-7-5-6-8-14(13)22(4,20)21/h5-10H,11H2,1-4H3. The van der Waals surface area contributed by atoms with Crippen molar-refractivity contribution in [2.24, 2.45) is 0 Å². The Balaban J connectivity index is 2.24. The fraction of sp³-hybridized carbons (Fsp3) is 0.333. The zero-order valence-electron chi connectivity index (χ0n) is 13.2. The second kappa shape index (κ2) is 6.31. The highest BCUT2D eigenvalue weighted by atomic mass is 32.2. The van der Waals surface area contributed by atoms with Crippen LogP contribution in [0.4, 0.5) is 11.6 Å². The average molecular weight is 320 g/mol. The molecule has 0 atom stereocenters. The molecule has 0 saturated heterocycles. The summed E-state index contributed by atoms with van der Waals surface area (Å²) in [4.78, 5) is 12.6. The van der Waals surface area contributed by atoms with Gasteiger partial charge in [0, 0.05) is 51.9 Å². The van der Waals surface area contributed by atoms with Crippen molar-refractivity contribution >= 4 is 21.5 Å². The van der Waals surface area contributed by atoms with Crippen LogP contribution in [0.2, 0.25) is 0 Å². The Morgan fingerprint density at radius 3 is 2.18 bits per heavy atom. The number of rotatable bonds is 5. The molecule has 2 aromatic rings. The molecule has 1 aromatic carbocycles. The van der Waals surface area contributed by atoms with Gasteiger partial charge in [0.05, 0.1) is 10.6 Å². The molecule has 0 fully saturated rings. The van der Waals surface area contributed by atoms with Crippen LogP contribution in [0.5, 0.6) is 0 Å². The molecule has 0 radical (unpaired) electrons. The number of benzene rings is 1. The Bertz CT molecular complexity index is 742. The molecule has 0 aliphatic carbocycles. The van der Waals surface area contributed by atoms with E-state index >= 15 is 0 Å². The first kappa shape index (κ1) is 16.2. The van der Waals surface area contributed by atoms with E-state index < -0.39 is 9.84 Å². The fourth-order valence-corrected chi connectivity index (χ4v) is 3.04. The van der Waals surface area contributed by atoms with E-state index in [0.717, 1.165) is 5.56 Å². The van der Waals surface area contributed by atoms with E-state index in [2.05, 4.69) is 9.97 Å². The van der Waals surface area contributed by atoms with Gasteiger partial charge in [-0.1, -0.05) is 12.1 Å². The maximum absolute atomic E-state index is 11.9. The van der Waals surface area contributed by atoms with Crippen LogP contribution in [0.1, 0.15) is 5.56 Å². The molecule has 0 aliphatic rings. The van der Waals surface area contributed by atoms with Crippen LogP contribution in [0, 0.1) is 0 Å². The lowest BCUT2D eigenvalue weighted by Gasteiger charge is -2.21. The third-order valence-corrected chi connectivity index (χ3v) is 4.33. The largest absolute Gasteiger partial charge is 0.369 e. The Hall–Kier alpha value is -2.15. The van der Waals surface area contributed by atoms with Gasteiger partial charge < -0.3 is 9.80 Å². The molecule has 0 N–H and O–H groups in total. The van der Waals surface area contributed by atoms with E-state index in [1.54, 1.807) is 30.6 Å². The quantitative estimate of drug-likeness (QED) is 0.833. The zero-order chi connectivity index (χ0) is 16.3. The van der Waals surface area contributed by atoms with E-state index in [0.29, 0.717) is 23.1 Å². The van der Waals surface area contributed by atoms with E-state index in [9.17, 15) is 8.42 Å². The smallest absolute Gasteiger partial charge is 0.224 e. The Morgan fingerprint density at radius 2 is 1.64 bits per heavy atom. The highest BCUT2D eigenvalue weighted by Gasteiger charge is 2.15. The number of para-hydroxylation sites is 1. The maximum Gasteiger partial charge on any atom is 0.224 e. The number of sulfone groups is 1. The van der Waals surface area contributed by atoms with E-state index in [1.165, 1.54) is 6.26 Å². The van der Waals surface area contributed by atoms with Crippen molar-refractivity contribution in [2.75, 3.05) is 37.2 Å². The first-order chi connectivity index (χ1) is 10.3. The van der Waals surface area contributed by atoms with Crippen molar-refractivity contribution in [1.29, 1.82) is 0 Å². The molecule has 1 aromatic heterocycles. The number of aromatic nitrogens is 2. The first-order valence-electron chi connectivity index (χ1n) is 6.77. The van der Waals surface area contributed by atoms with Gasteiger partial charge in [-0.25, -0.2) is 18.4 Å². The summed E-state index contributed by atoms with van der Waals surface area (Å²) in [5.74, 6) is 0.642. The lowest BCUT2D eigenvalue weighted by molar-refractivity contribution is 0.601. The zero-order valence-corrected chi connectivity index (χ0v) is 14.0. The summed E-state index contributed by atoms with van der Waals surface area (Å²) >= 11 is 0. The molecule has 0 aliphatic heterocycles. The predicted molar refractivity (Wildman–Crippen MR) is 88.0 cm³/mol. The van der Waals surface area contributed by atoms with Gasteiger partial charge in [-0.2, -0.15) is 0 Å². The molecule has 0 unspecified atom stereocenters. The van der Waals surface area contributed by atoms with Gasteiger partial charge in [0.15, 0.2) is 9.84 Å². The molecule has 22 heavy (non-hydrogen) atoms. The van der Waals surface area contributed by atoms with Crippen LogP contribution in [0.3, 0.4) is 0 Å². The molecule has 0 amide bonds. The minimum absolute atomic E-state index is 0.323. The van der Waals surface area contributed by atoms with Gasteiger partial charge in [-0.05, 0) is 12.1 Å². The van der Waals surface area contributed by atoms with Crippen LogP contribution in [0.25, 0.3) is 0 Å². The summed E-state index contributed by atoms with van der Waals surface area (Å²) in [6.45, 7) is 0.528. The Labute approximate surface area is 131 Å². The first-order valence-corrected chi connectivity index (χ1v) is 8.66. The number of hydrogen-bond donors (Lipinski definition) is 0. The van der Waals surface area contributed by atoms with Gasteiger partial charge in [-0.3, -0.25) is 0 Å². The lowest BCUT2D eigenvalue weighted by atomic mass is 10.2. The summed E-state index contributed by atoms with van der Waals surface area (Å²) < 4.78 is 23.7. The van der Waals surface area contributed by atoms with Gasteiger partial charge in [0.25, 0.3) is 0 Å². The molecule has 7 heteroatoms. The molecule has 118 valence electrons. The molecule has 6 nitrogen and oxygen atoms in total. The van der Waals surface area contributed by atoms with Crippen molar-refractivity contribution in [3.8, 4) is 0 Å². The number of anilines is 2. The molecular weight excluding hydrogens is 300 g/mol. The van der Waals surface area contributed by atoms with Crippen molar-refractivity contribution in [2.45, 2.75) is 11.4 Å². The molecular formula is C15H20N4O2S. The summed E-state index contributed by atoms with van der Waals surface area (Å²) in [7, 11) is 2.34. The van der Waals surface area contributed by atoms with Gasteiger partial charge in [0.1, 0.15) is 0 Å². The van der Waals surface area contributed by atoms with Crippen LogP contribution in [-0.4, -0.2) is 45.8 Å². The molecule has 1 heterocycles. The number of nitrogens with zero attached hydrogens (tertiary/aromatic N) is 4. The monoisotopic (exact) mass is 320 g/mol. The van der Waals surface area contributed by atoms with Crippen molar-refractivity contribution < 1.29 is 8.42 Å². The van der Waals surface area contributed by atoms with Crippen molar-refractivity contribution in [3.05, 3.63) is 42.2 Å². The average Bonchev–Trinajstić information content (AvgIpc) is 2.47. The number of hydrogen-bond acceptors (Lipinski definition) is 6. The second-order valence-corrected chi connectivity index (χ2v) is 7.37. The van der Waals surface area contributed by atoms with E-state index in [-0.39, 0.29) is 0 Å². The molecule has 0 saturated carbocycles. The van der Waals surface area contributed by atoms with Crippen LogP contribution in [-0.2, 0) is 16.4 Å². The van der Waals surface area contributed by atoms with E-state index in [4.69, 9.17) is 0 Å². The van der Waals surface area contributed by atoms with Crippen molar-refractivity contribution in [1.82, 2.24) is 9.97 Å². The van der Waals surface area contributed by atoms with Gasteiger partial charge in [-0.15, -0.1) is 0 Å². The lowest BCUT2D eigenvalue weighted by Crippen LogP contribution is -2.20. The van der Waals surface area contributed by atoms with E-state index in [1.807, 2.05) is 37.0 Å². The molecule has 0 bridgehead atoms. The maximum atomic E-state index is 11.9. The summed E-state index contributed by atoms with van der Waals surface area (Å²) in [5, 5.41) is 0. The van der Waals surface area contributed by atoms with Crippen molar-refractivity contribution in [3.63, 3.8) is 0 Å². The molecule has 2 rings (SSSR count). The third-order valence-electron chi connectivity index (χ3n) is 3.19. The minimum Gasteiger partial charge on any atom is -0.369 e. The highest BCUT2D eigenvalue weighted by molar-refractivity contribution is 7.90. The minimum atomic E-state index is -3.27. The van der Waals surface area contributed by atoms with Gasteiger partial charge >= 0.3 is 0 Å². The van der Waals surface area contributed by atoms with Crippen LogP contribution >= 0.6 is 0 Å². The fourth-order valence-electron chi connectivity index (χ4n) is 2.11. The predicted octanol–water partition coefficient (Wildman–Crippen LogP) is 1.58. The van der Waals surface area contributed by atoms with Crippen LogP contribution in [0.15, 0.2) is 41.6 Å². The normalized spacial score (nSPS) is 11.3. The topological polar surface area (TPSA) is 66.4 Å². The van der Waals surface area contributed by atoms with Crippen LogP contribution < -0.4 is 9.80 Å². The summed E-state index contributed by atoms with van der Waals surface area (Å²) in [6.07, 6.45) is 4.72. The Kier molecular flexibility index (Phi) is 4.65. The summed E-state index contributed by atoms with van der Waals surface area (Å²) in [6, 6.07) is 6.97. The SMILES string of the molecule is CN(C)c1ncc(CN(C)c2ccccc2S(C)(=O)=O)cn1. The highest BCUT2D eigenvalue weighted by Crippen LogP contribution is 2.25. The molecule has 0 spiro atoms. The second-order valence-electron chi connectivity index (χ2n) is 5.38.